The molecule has 1 N–H and O–H groups in total. The maximum Gasteiger partial charge on any atom is 0.387 e. The molecule has 0 aliphatic rings. The molecule has 0 radical (unpaired) electrons. The highest BCUT2D eigenvalue weighted by molar-refractivity contribution is 6.04. The van der Waals surface area contributed by atoms with Gasteiger partial charge in [0.2, 0.25) is 0 Å². The molecule has 0 unspecified atom stereocenters. The van der Waals surface area contributed by atoms with Crippen LogP contribution in [-0.2, 0) is 6.61 Å². The maximum atomic E-state index is 13.4. The summed E-state index contributed by atoms with van der Waals surface area (Å²) in [6.45, 7) is 2.31. The van der Waals surface area contributed by atoms with Gasteiger partial charge in [0.05, 0.1) is 11.3 Å². The Morgan fingerprint density at radius 2 is 1.93 bits per heavy atom. The third kappa shape index (κ3) is 4.73. The SMILES string of the molecule is Cc1cccc(OCc2c(C(=O)Nc3ccc(F)cc3OC(F)F)noc2C)c1C. The van der Waals surface area contributed by atoms with E-state index in [4.69, 9.17) is 9.26 Å². The number of nitrogens with one attached hydrogen (secondary N) is 1. The molecule has 2 aromatic carbocycles. The molecule has 0 saturated heterocycles. The minimum absolute atomic E-state index is 0.00614. The Kier molecular flexibility index (Phi) is 6.29. The number of amides is 1. The molecule has 0 bridgehead atoms. The predicted molar refractivity (Wildman–Crippen MR) is 102 cm³/mol. The van der Waals surface area contributed by atoms with Crippen molar-refractivity contribution in [3.8, 4) is 11.5 Å². The molecular formula is C21H19F3N2O4. The third-order valence-corrected chi connectivity index (χ3v) is 4.53. The van der Waals surface area contributed by atoms with Gasteiger partial charge in [-0.3, -0.25) is 4.79 Å². The number of aromatic nitrogens is 1. The fraction of sp³-hybridized carbons (Fsp3) is 0.238. The molecular weight excluding hydrogens is 401 g/mol. The Hall–Kier alpha value is -3.49. The van der Waals surface area contributed by atoms with Crippen LogP contribution in [0.3, 0.4) is 0 Å². The lowest BCUT2D eigenvalue weighted by molar-refractivity contribution is -0.0495. The number of halogens is 3. The van der Waals surface area contributed by atoms with Gasteiger partial charge in [0, 0.05) is 6.07 Å². The third-order valence-electron chi connectivity index (χ3n) is 4.53. The van der Waals surface area contributed by atoms with Gasteiger partial charge in [-0.2, -0.15) is 8.78 Å². The summed E-state index contributed by atoms with van der Waals surface area (Å²) < 4.78 is 53.7. The Morgan fingerprint density at radius 3 is 2.67 bits per heavy atom. The molecule has 3 aromatic rings. The van der Waals surface area contributed by atoms with Crippen LogP contribution in [0.25, 0.3) is 0 Å². The van der Waals surface area contributed by atoms with E-state index >= 15 is 0 Å². The van der Waals surface area contributed by atoms with Crippen molar-refractivity contribution in [2.45, 2.75) is 34.0 Å². The highest BCUT2D eigenvalue weighted by Gasteiger charge is 2.22. The summed E-state index contributed by atoms with van der Waals surface area (Å²) in [5, 5.41) is 6.13. The zero-order chi connectivity index (χ0) is 21.8. The Morgan fingerprint density at radius 1 is 1.17 bits per heavy atom. The van der Waals surface area contributed by atoms with Crippen molar-refractivity contribution in [3.63, 3.8) is 0 Å². The second kappa shape index (κ2) is 8.89. The van der Waals surface area contributed by atoms with Crippen LogP contribution in [0.5, 0.6) is 11.5 Å². The van der Waals surface area contributed by atoms with E-state index in [0.29, 0.717) is 17.1 Å². The first kappa shape index (κ1) is 21.2. The van der Waals surface area contributed by atoms with Gasteiger partial charge >= 0.3 is 6.61 Å². The molecule has 1 aromatic heterocycles. The van der Waals surface area contributed by atoms with Crippen LogP contribution in [0, 0.1) is 26.6 Å². The number of rotatable bonds is 7. The van der Waals surface area contributed by atoms with Gasteiger partial charge in [0.25, 0.3) is 5.91 Å². The van der Waals surface area contributed by atoms with Gasteiger partial charge in [-0.1, -0.05) is 17.3 Å². The number of anilines is 1. The van der Waals surface area contributed by atoms with E-state index in [1.54, 1.807) is 13.0 Å². The minimum atomic E-state index is -3.18. The van der Waals surface area contributed by atoms with Crippen LogP contribution in [0.1, 0.15) is 32.9 Å². The first-order valence-electron chi connectivity index (χ1n) is 8.96. The highest BCUT2D eigenvalue weighted by atomic mass is 19.3. The summed E-state index contributed by atoms with van der Waals surface area (Å²) in [5.41, 5.74) is 2.19. The van der Waals surface area contributed by atoms with E-state index in [-0.39, 0.29) is 18.0 Å². The van der Waals surface area contributed by atoms with Crippen LogP contribution in [0.4, 0.5) is 18.9 Å². The Labute approximate surface area is 170 Å². The second-order valence-corrected chi connectivity index (χ2v) is 6.53. The van der Waals surface area contributed by atoms with Gasteiger partial charge in [-0.25, -0.2) is 4.39 Å². The lowest BCUT2D eigenvalue weighted by Crippen LogP contribution is -2.17. The Bertz CT molecular complexity index is 1070. The average molecular weight is 420 g/mol. The molecule has 0 saturated carbocycles. The predicted octanol–water partition coefficient (Wildman–Crippen LogP) is 5.17. The summed E-state index contributed by atoms with van der Waals surface area (Å²) >= 11 is 0. The fourth-order valence-electron chi connectivity index (χ4n) is 2.74. The van der Waals surface area contributed by atoms with E-state index in [2.05, 4.69) is 15.2 Å². The van der Waals surface area contributed by atoms with E-state index in [1.165, 1.54) is 0 Å². The number of carbonyl (C=O) groups is 1. The second-order valence-electron chi connectivity index (χ2n) is 6.53. The molecule has 9 heteroatoms. The largest absolute Gasteiger partial charge is 0.488 e. The number of nitrogens with zero attached hydrogens (tertiary/aromatic N) is 1. The number of hydrogen-bond donors (Lipinski definition) is 1. The van der Waals surface area contributed by atoms with Crippen molar-refractivity contribution < 1.29 is 32.0 Å². The molecule has 30 heavy (non-hydrogen) atoms. The van der Waals surface area contributed by atoms with Crippen LogP contribution in [0.15, 0.2) is 40.9 Å². The van der Waals surface area contributed by atoms with Gasteiger partial charge < -0.3 is 19.3 Å². The van der Waals surface area contributed by atoms with Gasteiger partial charge in [0.1, 0.15) is 23.9 Å². The lowest BCUT2D eigenvalue weighted by Gasteiger charge is -2.12. The molecule has 3 rings (SSSR count). The van der Waals surface area contributed by atoms with Crippen molar-refractivity contribution in [2.75, 3.05) is 5.32 Å². The van der Waals surface area contributed by atoms with Crippen LogP contribution in [0.2, 0.25) is 0 Å². The molecule has 6 nitrogen and oxygen atoms in total. The van der Waals surface area contributed by atoms with Gasteiger partial charge in [-0.15, -0.1) is 0 Å². The molecule has 0 aliphatic heterocycles. The van der Waals surface area contributed by atoms with Crippen molar-refractivity contribution in [3.05, 3.63) is 70.4 Å². The van der Waals surface area contributed by atoms with Gasteiger partial charge in [-0.05, 0) is 50.1 Å². The molecule has 0 fully saturated rings. The van der Waals surface area contributed by atoms with Crippen molar-refractivity contribution in [2.24, 2.45) is 0 Å². The zero-order valence-electron chi connectivity index (χ0n) is 16.5. The monoisotopic (exact) mass is 420 g/mol. The molecule has 1 amide bonds. The topological polar surface area (TPSA) is 73.6 Å². The first-order valence-corrected chi connectivity index (χ1v) is 8.96. The summed E-state index contributed by atoms with van der Waals surface area (Å²) in [7, 11) is 0. The summed E-state index contributed by atoms with van der Waals surface area (Å²) in [6.07, 6.45) is 0. The maximum absolute atomic E-state index is 13.4. The number of ether oxygens (including phenoxy) is 2. The zero-order valence-corrected chi connectivity index (χ0v) is 16.5. The normalized spacial score (nSPS) is 10.9. The van der Waals surface area contributed by atoms with E-state index in [0.717, 1.165) is 29.3 Å². The standard InChI is InChI=1S/C21H19F3N2O4/c1-11-5-4-6-17(12(11)2)28-10-15-13(3)30-26-19(15)20(27)25-16-8-7-14(22)9-18(16)29-21(23)24/h4-9,21H,10H2,1-3H3,(H,25,27). The van der Waals surface area contributed by atoms with E-state index in [9.17, 15) is 18.0 Å². The molecule has 0 atom stereocenters. The summed E-state index contributed by atoms with van der Waals surface area (Å²) in [6, 6.07) is 8.48. The lowest BCUT2D eigenvalue weighted by atomic mass is 10.1. The van der Waals surface area contributed by atoms with E-state index < -0.39 is 24.1 Å². The fourth-order valence-corrected chi connectivity index (χ4v) is 2.74. The van der Waals surface area contributed by atoms with Crippen LogP contribution < -0.4 is 14.8 Å². The van der Waals surface area contributed by atoms with Gasteiger partial charge in [0.15, 0.2) is 11.4 Å². The van der Waals surface area contributed by atoms with Crippen LogP contribution in [-0.4, -0.2) is 17.7 Å². The molecule has 1 heterocycles. The van der Waals surface area contributed by atoms with Crippen molar-refractivity contribution in [1.29, 1.82) is 0 Å². The summed E-state index contributed by atoms with van der Waals surface area (Å²) in [4.78, 5) is 12.7. The smallest absolute Gasteiger partial charge is 0.387 e. The van der Waals surface area contributed by atoms with Crippen molar-refractivity contribution >= 4 is 11.6 Å². The average Bonchev–Trinajstić information content (AvgIpc) is 3.05. The molecule has 0 aliphatic carbocycles. The highest BCUT2D eigenvalue weighted by Crippen LogP contribution is 2.28. The van der Waals surface area contributed by atoms with Crippen molar-refractivity contribution in [1.82, 2.24) is 5.16 Å². The number of hydrogen-bond acceptors (Lipinski definition) is 5. The number of carbonyl (C=O) groups excluding carboxylic acids is 1. The quantitative estimate of drug-likeness (QED) is 0.571. The van der Waals surface area contributed by atoms with Crippen LogP contribution >= 0.6 is 0 Å². The van der Waals surface area contributed by atoms with E-state index in [1.807, 2.05) is 26.0 Å². The molecule has 158 valence electrons. The molecule has 0 spiro atoms. The number of benzene rings is 2. The number of aryl methyl sites for hydroxylation is 2. The minimum Gasteiger partial charge on any atom is -0.488 e. The Balaban J connectivity index is 1.81. The number of alkyl halides is 2. The summed E-state index contributed by atoms with van der Waals surface area (Å²) in [5.74, 6) is -1.02. The first-order chi connectivity index (χ1) is 14.3.